The fourth-order valence-electron chi connectivity index (χ4n) is 4.01. The number of nitrogens with one attached hydrogen (secondary N) is 2. The van der Waals surface area contributed by atoms with E-state index in [4.69, 9.17) is 9.47 Å². The lowest BCUT2D eigenvalue weighted by atomic mass is 9.97. The first-order valence-corrected chi connectivity index (χ1v) is 10.1. The molecule has 0 saturated carbocycles. The van der Waals surface area contributed by atoms with E-state index in [0.29, 0.717) is 36.9 Å². The lowest BCUT2D eigenvalue weighted by Gasteiger charge is -2.33. The zero-order chi connectivity index (χ0) is 19.9. The van der Waals surface area contributed by atoms with E-state index < -0.39 is 0 Å². The molecule has 2 aliphatic heterocycles. The number of nitrogens with zero attached hydrogens (tertiary/aromatic N) is 1. The third-order valence-corrected chi connectivity index (χ3v) is 5.62. The van der Waals surface area contributed by atoms with E-state index >= 15 is 0 Å². The molecule has 0 aliphatic carbocycles. The van der Waals surface area contributed by atoms with Crippen LogP contribution in [0.5, 0.6) is 11.5 Å². The molecule has 1 aromatic rings. The zero-order valence-electron chi connectivity index (χ0n) is 16.8. The van der Waals surface area contributed by atoms with E-state index in [-0.39, 0.29) is 17.9 Å². The van der Waals surface area contributed by atoms with Gasteiger partial charge in [0.05, 0.1) is 26.7 Å². The normalized spacial score (nSPS) is 22.0. The van der Waals surface area contributed by atoms with Gasteiger partial charge in [0.15, 0.2) is 11.5 Å². The van der Waals surface area contributed by atoms with Gasteiger partial charge in [0.2, 0.25) is 11.8 Å². The third kappa shape index (κ3) is 5.16. The van der Waals surface area contributed by atoms with Crippen molar-refractivity contribution in [3.63, 3.8) is 0 Å². The van der Waals surface area contributed by atoms with Crippen LogP contribution < -0.4 is 20.1 Å². The number of hydrogen-bond donors (Lipinski definition) is 2. The average molecular weight is 389 g/mol. The van der Waals surface area contributed by atoms with E-state index in [2.05, 4.69) is 10.6 Å². The van der Waals surface area contributed by atoms with Crippen LogP contribution in [0.4, 0.5) is 0 Å². The van der Waals surface area contributed by atoms with Gasteiger partial charge in [-0.1, -0.05) is 6.07 Å². The predicted molar refractivity (Wildman–Crippen MR) is 107 cm³/mol. The van der Waals surface area contributed by atoms with Crippen molar-refractivity contribution in [3.8, 4) is 11.5 Å². The summed E-state index contributed by atoms with van der Waals surface area (Å²) in [6, 6.07) is 5.53. The molecule has 2 amide bonds. The minimum absolute atomic E-state index is 0.0497. The molecule has 7 heteroatoms. The summed E-state index contributed by atoms with van der Waals surface area (Å²) in [6.07, 6.45) is 4.32. The predicted octanol–water partition coefficient (Wildman–Crippen LogP) is 1.35. The summed E-state index contributed by atoms with van der Waals surface area (Å²) >= 11 is 0. The smallest absolute Gasteiger partial charge is 0.237 e. The maximum absolute atomic E-state index is 12.8. The number of carbonyl (C=O) groups excluding carboxylic acids is 2. The van der Waals surface area contributed by atoms with Crippen LogP contribution in [0.1, 0.15) is 31.2 Å². The number of piperidine rings is 1. The Morgan fingerprint density at radius 1 is 1.18 bits per heavy atom. The first kappa shape index (κ1) is 20.5. The number of ether oxygens (including phenoxy) is 2. The van der Waals surface area contributed by atoms with Crippen LogP contribution in [0.25, 0.3) is 0 Å². The fourth-order valence-corrected chi connectivity index (χ4v) is 4.01. The first-order chi connectivity index (χ1) is 13.6. The van der Waals surface area contributed by atoms with Gasteiger partial charge in [-0.2, -0.15) is 0 Å². The number of rotatable bonds is 7. The van der Waals surface area contributed by atoms with E-state index in [1.165, 1.54) is 0 Å². The maximum atomic E-state index is 12.8. The molecular weight excluding hydrogens is 358 g/mol. The second-order valence-corrected chi connectivity index (χ2v) is 7.61. The summed E-state index contributed by atoms with van der Waals surface area (Å²) in [5.74, 6) is 1.80. The molecule has 2 saturated heterocycles. The quantitative estimate of drug-likeness (QED) is 0.736. The summed E-state index contributed by atoms with van der Waals surface area (Å²) in [6.45, 7) is 3.03. The van der Waals surface area contributed by atoms with E-state index in [1.807, 2.05) is 23.1 Å². The van der Waals surface area contributed by atoms with Crippen molar-refractivity contribution in [1.82, 2.24) is 15.5 Å². The summed E-state index contributed by atoms with van der Waals surface area (Å²) < 4.78 is 10.6. The molecule has 1 aromatic carbocycles. The number of methoxy groups -OCH3 is 2. The third-order valence-electron chi connectivity index (χ3n) is 5.62. The molecule has 0 aromatic heterocycles. The number of amides is 2. The Kier molecular flexibility index (Phi) is 7.14. The van der Waals surface area contributed by atoms with Crippen LogP contribution in [0.2, 0.25) is 0 Å². The summed E-state index contributed by atoms with van der Waals surface area (Å²) in [5.41, 5.74) is 0.908. The number of benzene rings is 1. The van der Waals surface area contributed by atoms with E-state index in [0.717, 1.165) is 44.3 Å². The van der Waals surface area contributed by atoms with Crippen molar-refractivity contribution in [2.75, 3.05) is 40.4 Å². The monoisotopic (exact) mass is 389 g/mol. The molecule has 154 valence electrons. The Hall–Kier alpha value is -2.28. The molecule has 2 atom stereocenters. The van der Waals surface area contributed by atoms with Crippen LogP contribution in [0, 0.1) is 5.92 Å². The van der Waals surface area contributed by atoms with Crippen molar-refractivity contribution in [3.05, 3.63) is 23.8 Å². The van der Waals surface area contributed by atoms with Crippen LogP contribution in [-0.2, 0) is 16.0 Å². The summed E-state index contributed by atoms with van der Waals surface area (Å²) in [5, 5.41) is 6.28. The van der Waals surface area contributed by atoms with Gasteiger partial charge in [-0.15, -0.1) is 0 Å². The number of likely N-dealkylation sites (tertiary alicyclic amines) is 1. The Morgan fingerprint density at radius 3 is 2.71 bits per heavy atom. The highest BCUT2D eigenvalue weighted by molar-refractivity contribution is 5.82. The molecule has 0 spiro atoms. The molecule has 28 heavy (non-hydrogen) atoms. The van der Waals surface area contributed by atoms with E-state index in [1.54, 1.807) is 14.2 Å². The second-order valence-electron chi connectivity index (χ2n) is 7.61. The van der Waals surface area contributed by atoms with E-state index in [9.17, 15) is 9.59 Å². The average Bonchev–Trinajstić information content (AvgIpc) is 3.27. The molecule has 7 nitrogen and oxygen atoms in total. The molecule has 3 rings (SSSR count). The molecule has 2 unspecified atom stereocenters. The van der Waals surface area contributed by atoms with Gasteiger partial charge < -0.3 is 25.0 Å². The lowest BCUT2D eigenvalue weighted by Crippen LogP contribution is -2.47. The van der Waals surface area contributed by atoms with Crippen LogP contribution >= 0.6 is 0 Å². The van der Waals surface area contributed by atoms with Gasteiger partial charge in [0.25, 0.3) is 0 Å². The fraction of sp³-hybridized carbons (Fsp3) is 0.619. The summed E-state index contributed by atoms with van der Waals surface area (Å²) in [4.78, 5) is 26.9. The molecule has 2 N–H and O–H groups in total. The van der Waals surface area contributed by atoms with Crippen molar-refractivity contribution >= 4 is 11.8 Å². The van der Waals surface area contributed by atoms with Gasteiger partial charge in [0.1, 0.15) is 0 Å². The topological polar surface area (TPSA) is 79.9 Å². The highest BCUT2D eigenvalue weighted by Gasteiger charge is 2.26. The largest absolute Gasteiger partial charge is 0.493 e. The first-order valence-electron chi connectivity index (χ1n) is 10.1. The highest BCUT2D eigenvalue weighted by Crippen LogP contribution is 2.28. The Balaban J connectivity index is 1.50. The van der Waals surface area contributed by atoms with Crippen molar-refractivity contribution in [2.24, 2.45) is 5.92 Å². The lowest BCUT2D eigenvalue weighted by molar-refractivity contribution is -0.132. The van der Waals surface area contributed by atoms with Gasteiger partial charge in [0, 0.05) is 19.6 Å². The molecular formula is C21H31N3O4. The SMILES string of the molecule is COc1ccc(CC(=O)N2CCCC(CNC(=O)C3CCCN3)C2)cc1OC. The minimum atomic E-state index is -0.0497. The van der Waals surface area contributed by atoms with Gasteiger partial charge in [-0.3, -0.25) is 9.59 Å². The Morgan fingerprint density at radius 2 is 2.00 bits per heavy atom. The van der Waals surface area contributed by atoms with Gasteiger partial charge in [-0.05, 0) is 55.8 Å². The molecule has 0 radical (unpaired) electrons. The summed E-state index contributed by atoms with van der Waals surface area (Å²) in [7, 11) is 3.19. The van der Waals surface area contributed by atoms with Crippen molar-refractivity contribution < 1.29 is 19.1 Å². The maximum Gasteiger partial charge on any atom is 0.237 e. The van der Waals surface area contributed by atoms with Crippen LogP contribution in [-0.4, -0.2) is 63.2 Å². The molecule has 2 aliphatic rings. The molecule has 2 heterocycles. The number of carbonyl (C=O) groups is 2. The Bertz CT molecular complexity index is 688. The molecule has 2 fully saturated rings. The second kappa shape index (κ2) is 9.78. The van der Waals surface area contributed by atoms with Gasteiger partial charge in [-0.25, -0.2) is 0 Å². The van der Waals surface area contributed by atoms with Gasteiger partial charge >= 0.3 is 0 Å². The van der Waals surface area contributed by atoms with Crippen LogP contribution in [0.3, 0.4) is 0 Å². The van der Waals surface area contributed by atoms with Crippen molar-refractivity contribution in [2.45, 2.75) is 38.1 Å². The van der Waals surface area contributed by atoms with Crippen molar-refractivity contribution in [1.29, 1.82) is 0 Å². The number of hydrogen-bond acceptors (Lipinski definition) is 5. The Labute approximate surface area is 166 Å². The highest BCUT2D eigenvalue weighted by atomic mass is 16.5. The van der Waals surface area contributed by atoms with Crippen LogP contribution in [0.15, 0.2) is 18.2 Å². The standard InChI is InChI=1S/C21H31N3O4/c1-27-18-8-7-15(11-19(18)28-2)12-20(25)24-10-4-5-16(14-24)13-23-21(26)17-6-3-9-22-17/h7-8,11,16-17,22H,3-6,9-10,12-14H2,1-2H3,(H,23,26). The minimum Gasteiger partial charge on any atom is -0.493 e. The zero-order valence-corrected chi connectivity index (χ0v) is 16.8. The molecule has 0 bridgehead atoms.